The van der Waals surface area contributed by atoms with Gasteiger partial charge in [-0.2, -0.15) is 0 Å². The lowest BCUT2D eigenvalue weighted by atomic mass is 10.0. The zero-order chi connectivity index (χ0) is 13.9. The van der Waals surface area contributed by atoms with E-state index in [1.165, 1.54) is 0 Å². The van der Waals surface area contributed by atoms with Crippen molar-refractivity contribution in [2.24, 2.45) is 0 Å². The van der Waals surface area contributed by atoms with Gasteiger partial charge in [0, 0.05) is 12.0 Å². The molecule has 1 aliphatic rings. The highest BCUT2D eigenvalue weighted by atomic mass is 35.5. The van der Waals surface area contributed by atoms with E-state index in [9.17, 15) is 0 Å². The molecule has 4 heteroatoms. The van der Waals surface area contributed by atoms with Gasteiger partial charge in [-0.3, -0.25) is 0 Å². The van der Waals surface area contributed by atoms with Crippen LogP contribution in [0.25, 0.3) is 11.0 Å². The number of benzene rings is 1. The molecule has 2 atom stereocenters. The number of para-hydroxylation sites is 1. The molecule has 1 aromatic carbocycles. The van der Waals surface area contributed by atoms with Crippen LogP contribution in [-0.4, -0.2) is 19.3 Å². The molecule has 2 unspecified atom stereocenters. The van der Waals surface area contributed by atoms with Crippen LogP contribution in [0.3, 0.4) is 0 Å². The Morgan fingerprint density at radius 1 is 1.45 bits per heavy atom. The topological polar surface area (TPSA) is 34.4 Å². The minimum atomic E-state index is 0.187. The molecule has 0 bridgehead atoms. The van der Waals surface area contributed by atoms with E-state index in [4.69, 9.17) is 20.8 Å². The second-order valence-electron chi connectivity index (χ2n) is 5.29. The minimum Gasteiger partial charge on any atom is -0.458 e. The molecule has 3 rings (SSSR count). The highest BCUT2D eigenvalue weighted by molar-refractivity contribution is 6.34. The van der Waals surface area contributed by atoms with E-state index >= 15 is 0 Å². The molecule has 1 N–H and O–H groups in total. The molecule has 1 fully saturated rings. The monoisotopic (exact) mass is 293 g/mol. The normalized spacial score (nSPS) is 20.6. The van der Waals surface area contributed by atoms with E-state index in [0.717, 1.165) is 49.1 Å². The third-order valence-electron chi connectivity index (χ3n) is 3.83. The molecule has 0 spiro atoms. The summed E-state index contributed by atoms with van der Waals surface area (Å²) in [7, 11) is 0. The third kappa shape index (κ3) is 2.85. The fraction of sp³-hybridized carbons (Fsp3) is 0.500. The Morgan fingerprint density at radius 2 is 2.35 bits per heavy atom. The molecule has 20 heavy (non-hydrogen) atoms. The Labute approximate surface area is 124 Å². The third-order valence-corrected chi connectivity index (χ3v) is 4.13. The standard InChI is InChI=1S/C16H20ClNO2/c1-2-18-14(10-12-6-4-8-19-12)15-9-11-5-3-7-13(17)16(11)20-15/h3,5,7,9,12,14,18H,2,4,6,8,10H2,1H3. The zero-order valence-corrected chi connectivity index (χ0v) is 12.5. The summed E-state index contributed by atoms with van der Waals surface area (Å²) in [5.41, 5.74) is 0.777. The van der Waals surface area contributed by atoms with E-state index in [1.807, 2.05) is 18.2 Å². The smallest absolute Gasteiger partial charge is 0.152 e. The van der Waals surface area contributed by atoms with Crippen LogP contribution in [0.15, 0.2) is 28.7 Å². The molecule has 0 saturated carbocycles. The summed E-state index contributed by atoms with van der Waals surface area (Å²) in [6.07, 6.45) is 3.59. The van der Waals surface area contributed by atoms with Gasteiger partial charge in [0.15, 0.2) is 5.58 Å². The lowest BCUT2D eigenvalue weighted by Crippen LogP contribution is -2.24. The Kier molecular flexibility index (Phi) is 4.29. The molecule has 2 aromatic rings. The minimum absolute atomic E-state index is 0.187. The number of rotatable bonds is 5. The summed E-state index contributed by atoms with van der Waals surface area (Å²) in [4.78, 5) is 0. The maximum absolute atomic E-state index is 6.18. The molecule has 3 nitrogen and oxygen atoms in total. The van der Waals surface area contributed by atoms with Gasteiger partial charge >= 0.3 is 0 Å². The van der Waals surface area contributed by atoms with Crippen molar-refractivity contribution in [3.05, 3.63) is 35.0 Å². The van der Waals surface area contributed by atoms with E-state index in [1.54, 1.807) is 0 Å². The van der Waals surface area contributed by atoms with Crippen molar-refractivity contribution < 1.29 is 9.15 Å². The first-order valence-electron chi connectivity index (χ1n) is 7.31. The first-order valence-corrected chi connectivity index (χ1v) is 7.68. The maximum atomic E-state index is 6.18. The van der Waals surface area contributed by atoms with Crippen molar-refractivity contribution in [1.82, 2.24) is 5.32 Å². The van der Waals surface area contributed by atoms with Crippen LogP contribution in [-0.2, 0) is 4.74 Å². The van der Waals surface area contributed by atoms with Crippen LogP contribution in [0.4, 0.5) is 0 Å². The fourth-order valence-electron chi connectivity index (χ4n) is 2.86. The summed E-state index contributed by atoms with van der Waals surface area (Å²) < 4.78 is 11.7. The summed E-state index contributed by atoms with van der Waals surface area (Å²) >= 11 is 6.18. The predicted molar refractivity (Wildman–Crippen MR) is 81.2 cm³/mol. The second kappa shape index (κ2) is 6.17. The van der Waals surface area contributed by atoms with Gasteiger partial charge in [-0.05, 0) is 37.9 Å². The lowest BCUT2D eigenvalue weighted by Gasteiger charge is -2.19. The van der Waals surface area contributed by atoms with Crippen LogP contribution in [0.1, 0.15) is 38.0 Å². The summed E-state index contributed by atoms with van der Waals surface area (Å²) in [6.45, 7) is 3.90. The van der Waals surface area contributed by atoms with Gasteiger partial charge in [0.25, 0.3) is 0 Å². The van der Waals surface area contributed by atoms with E-state index < -0.39 is 0 Å². The summed E-state index contributed by atoms with van der Waals surface area (Å²) in [6, 6.07) is 8.12. The number of hydrogen-bond acceptors (Lipinski definition) is 3. The Bertz CT molecular complexity index is 575. The number of ether oxygens (including phenoxy) is 1. The quantitative estimate of drug-likeness (QED) is 0.892. The van der Waals surface area contributed by atoms with E-state index in [-0.39, 0.29) is 6.04 Å². The van der Waals surface area contributed by atoms with Crippen molar-refractivity contribution in [1.29, 1.82) is 0 Å². The Hall–Kier alpha value is -1.03. The van der Waals surface area contributed by atoms with Crippen molar-refractivity contribution in [2.45, 2.75) is 38.3 Å². The predicted octanol–water partition coefficient (Wildman–Crippen LogP) is 4.31. The van der Waals surface area contributed by atoms with Crippen molar-refractivity contribution in [2.75, 3.05) is 13.2 Å². The molecule has 2 heterocycles. The van der Waals surface area contributed by atoms with Crippen LogP contribution < -0.4 is 5.32 Å². The molecule has 108 valence electrons. The average Bonchev–Trinajstić information content (AvgIpc) is 3.07. The molecular weight excluding hydrogens is 274 g/mol. The molecule has 0 radical (unpaired) electrons. The van der Waals surface area contributed by atoms with Crippen LogP contribution in [0.2, 0.25) is 5.02 Å². The van der Waals surface area contributed by atoms with Gasteiger partial charge in [0.1, 0.15) is 5.76 Å². The van der Waals surface area contributed by atoms with E-state index in [2.05, 4.69) is 18.3 Å². The molecule has 0 aliphatic carbocycles. The van der Waals surface area contributed by atoms with Gasteiger partial charge in [-0.25, -0.2) is 0 Å². The van der Waals surface area contributed by atoms with Gasteiger partial charge < -0.3 is 14.5 Å². The summed E-state index contributed by atoms with van der Waals surface area (Å²) in [5, 5.41) is 5.22. The number of halogens is 1. The molecule has 1 saturated heterocycles. The number of nitrogens with one attached hydrogen (secondary N) is 1. The van der Waals surface area contributed by atoms with Gasteiger partial charge in [0.2, 0.25) is 0 Å². The Morgan fingerprint density at radius 3 is 3.05 bits per heavy atom. The lowest BCUT2D eigenvalue weighted by molar-refractivity contribution is 0.0924. The number of furan rings is 1. The van der Waals surface area contributed by atoms with Crippen LogP contribution in [0, 0.1) is 0 Å². The molecule has 1 aromatic heterocycles. The first kappa shape index (κ1) is 13.9. The van der Waals surface area contributed by atoms with E-state index in [0.29, 0.717) is 11.1 Å². The highest BCUT2D eigenvalue weighted by Gasteiger charge is 2.24. The van der Waals surface area contributed by atoms with Crippen LogP contribution >= 0.6 is 11.6 Å². The average molecular weight is 294 g/mol. The fourth-order valence-corrected chi connectivity index (χ4v) is 3.08. The molecule has 1 aliphatic heterocycles. The number of fused-ring (bicyclic) bond motifs is 1. The first-order chi connectivity index (χ1) is 9.78. The second-order valence-corrected chi connectivity index (χ2v) is 5.70. The summed E-state index contributed by atoms with van der Waals surface area (Å²) in [5.74, 6) is 0.949. The molecular formula is C16H20ClNO2. The van der Waals surface area contributed by atoms with Gasteiger partial charge in [-0.15, -0.1) is 0 Å². The zero-order valence-electron chi connectivity index (χ0n) is 11.7. The Balaban J connectivity index is 1.86. The van der Waals surface area contributed by atoms with Gasteiger partial charge in [-0.1, -0.05) is 30.7 Å². The largest absolute Gasteiger partial charge is 0.458 e. The highest BCUT2D eigenvalue weighted by Crippen LogP contribution is 2.32. The number of hydrogen-bond donors (Lipinski definition) is 1. The SMILES string of the molecule is CCNC(CC1CCCO1)c1cc2cccc(Cl)c2o1. The van der Waals surface area contributed by atoms with Crippen molar-refractivity contribution >= 4 is 22.6 Å². The van der Waals surface area contributed by atoms with Crippen molar-refractivity contribution in [3.8, 4) is 0 Å². The van der Waals surface area contributed by atoms with Crippen molar-refractivity contribution in [3.63, 3.8) is 0 Å². The molecule has 0 amide bonds. The van der Waals surface area contributed by atoms with Gasteiger partial charge in [0.05, 0.1) is 17.2 Å². The maximum Gasteiger partial charge on any atom is 0.152 e. The van der Waals surface area contributed by atoms with Crippen LogP contribution in [0.5, 0.6) is 0 Å².